The van der Waals surface area contributed by atoms with Crippen LogP contribution in [0.25, 0.3) is 32.3 Å². The highest BCUT2D eigenvalue weighted by atomic mass is 28.4. The summed E-state index contributed by atoms with van der Waals surface area (Å²) in [5.74, 6) is -20.4. The van der Waals surface area contributed by atoms with Gasteiger partial charge in [0.2, 0.25) is 5.82 Å². The number of hydrogen-bond donors (Lipinski definition) is 0. The first-order valence-corrected chi connectivity index (χ1v) is 13.3. The standard InChI is InChI=1S/C25H21F9OSi/c1-7(2)36(8(3)4,9(5)6)35-25-15-11-10-12(16(26)17(27)14(11)21(31)24(25)34)19(29)23(33)20(30)13(10)18(28)22(15)32/h7-9H,1-6H3. The molecule has 0 spiro atoms. The van der Waals surface area contributed by atoms with Crippen LogP contribution in [-0.2, 0) is 0 Å². The van der Waals surface area contributed by atoms with E-state index in [4.69, 9.17) is 4.43 Å². The largest absolute Gasteiger partial charge is 0.540 e. The van der Waals surface area contributed by atoms with Crippen LogP contribution in [-0.4, -0.2) is 8.32 Å². The van der Waals surface area contributed by atoms with Crippen LogP contribution in [0.2, 0.25) is 16.6 Å². The highest BCUT2D eigenvalue weighted by molar-refractivity contribution is 6.78. The summed E-state index contributed by atoms with van der Waals surface area (Å²) in [6, 6.07) is 0. The summed E-state index contributed by atoms with van der Waals surface area (Å²) < 4.78 is 141. The summed E-state index contributed by atoms with van der Waals surface area (Å²) in [5.41, 5.74) is -0.821. The van der Waals surface area contributed by atoms with Crippen molar-refractivity contribution in [2.24, 2.45) is 0 Å². The average molecular weight is 537 g/mol. The zero-order chi connectivity index (χ0) is 27.2. The normalized spacial score (nSPS) is 13.1. The third kappa shape index (κ3) is 3.10. The molecule has 1 nitrogen and oxygen atoms in total. The molecule has 0 aliphatic carbocycles. The molecule has 194 valence electrons. The van der Waals surface area contributed by atoms with Gasteiger partial charge in [0, 0.05) is 10.8 Å². The van der Waals surface area contributed by atoms with Gasteiger partial charge in [0.1, 0.15) is 0 Å². The summed E-state index contributed by atoms with van der Waals surface area (Å²) in [6.45, 7) is 10.6. The van der Waals surface area contributed by atoms with Crippen molar-refractivity contribution in [3.63, 3.8) is 0 Å². The first-order chi connectivity index (χ1) is 16.6. The first kappa shape index (κ1) is 26.4. The van der Waals surface area contributed by atoms with Crippen LogP contribution in [0.1, 0.15) is 41.5 Å². The molecule has 4 rings (SSSR count). The van der Waals surface area contributed by atoms with Crippen LogP contribution in [0.4, 0.5) is 39.5 Å². The van der Waals surface area contributed by atoms with Gasteiger partial charge in [-0.15, -0.1) is 0 Å². The molecule has 0 atom stereocenters. The highest BCUT2D eigenvalue weighted by Crippen LogP contribution is 2.51. The van der Waals surface area contributed by atoms with Gasteiger partial charge in [0.25, 0.3) is 8.32 Å². The van der Waals surface area contributed by atoms with Crippen molar-refractivity contribution in [3.8, 4) is 5.75 Å². The van der Waals surface area contributed by atoms with Crippen LogP contribution < -0.4 is 4.43 Å². The van der Waals surface area contributed by atoms with Crippen molar-refractivity contribution >= 4 is 40.6 Å². The van der Waals surface area contributed by atoms with E-state index in [9.17, 15) is 22.0 Å². The summed E-state index contributed by atoms with van der Waals surface area (Å²) in [5, 5.41) is -7.99. The second-order valence-corrected chi connectivity index (χ2v) is 15.2. The smallest absolute Gasteiger partial charge is 0.258 e. The molecule has 0 aromatic heterocycles. The van der Waals surface area contributed by atoms with Crippen LogP contribution in [0.5, 0.6) is 5.75 Å². The Morgan fingerprint density at radius 1 is 0.389 bits per heavy atom. The van der Waals surface area contributed by atoms with Crippen molar-refractivity contribution in [1.82, 2.24) is 0 Å². The van der Waals surface area contributed by atoms with E-state index >= 15 is 17.6 Å². The fourth-order valence-electron chi connectivity index (χ4n) is 5.72. The average Bonchev–Trinajstić information content (AvgIpc) is 2.79. The van der Waals surface area contributed by atoms with Crippen molar-refractivity contribution in [3.05, 3.63) is 52.4 Å². The van der Waals surface area contributed by atoms with E-state index in [1.165, 1.54) is 0 Å². The fourth-order valence-corrected chi connectivity index (χ4v) is 11.0. The molecule has 0 fully saturated rings. The monoisotopic (exact) mass is 536 g/mol. The Morgan fingerprint density at radius 3 is 1.03 bits per heavy atom. The predicted molar refractivity (Wildman–Crippen MR) is 121 cm³/mol. The highest BCUT2D eigenvalue weighted by Gasteiger charge is 2.48. The number of halogens is 9. The molecule has 0 N–H and O–H groups in total. The SMILES string of the molecule is CC(C)[Si](Oc1c(F)c(F)c2c(F)c(F)c3c(F)c(F)c(F)c4c(F)c(F)c1c2c34)(C(C)C)C(C)C. The molecule has 0 aliphatic rings. The number of benzene rings is 4. The van der Waals surface area contributed by atoms with Crippen LogP contribution in [0.15, 0.2) is 0 Å². The molecule has 0 radical (unpaired) electrons. The molecular formula is C25H21F9OSi. The van der Waals surface area contributed by atoms with Crippen molar-refractivity contribution in [2.75, 3.05) is 0 Å². The second-order valence-electron chi connectivity index (χ2n) is 9.82. The molecule has 4 aromatic rings. The van der Waals surface area contributed by atoms with Crippen LogP contribution in [0.3, 0.4) is 0 Å². The molecule has 0 heterocycles. The first-order valence-electron chi connectivity index (χ1n) is 11.2. The molecular weight excluding hydrogens is 515 g/mol. The van der Waals surface area contributed by atoms with E-state index in [0.29, 0.717) is 0 Å². The Morgan fingerprint density at radius 2 is 0.667 bits per heavy atom. The van der Waals surface area contributed by atoms with Gasteiger partial charge in [-0.2, -0.15) is 4.39 Å². The fraction of sp³-hybridized carbons (Fsp3) is 0.360. The van der Waals surface area contributed by atoms with Gasteiger partial charge in [-0.1, -0.05) is 41.5 Å². The lowest BCUT2D eigenvalue weighted by atomic mass is 9.91. The minimum Gasteiger partial charge on any atom is -0.540 e. The Balaban J connectivity index is 2.37. The van der Waals surface area contributed by atoms with E-state index in [0.717, 1.165) is 0 Å². The molecule has 0 aliphatic heterocycles. The topological polar surface area (TPSA) is 9.23 Å². The number of rotatable bonds is 5. The van der Waals surface area contributed by atoms with Gasteiger partial charge in [0.15, 0.2) is 52.3 Å². The molecule has 4 aromatic carbocycles. The van der Waals surface area contributed by atoms with Gasteiger partial charge in [0.05, 0.1) is 21.5 Å². The van der Waals surface area contributed by atoms with Crippen LogP contribution in [0, 0.1) is 52.4 Å². The van der Waals surface area contributed by atoms with Crippen molar-refractivity contribution < 1.29 is 43.9 Å². The van der Waals surface area contributed by atoms with E-state index in [1.54, 1.807) is 41.5 Å². The quantitative estimate of drug-likeness (QED) is 0.107. The molecule has 36 heavy (non-hydrogen) atoms. The Bertz CT molecular complexity index is 1500. The Labute approximate surface area is 201 Å². The zero-order valence-electron chi connectivity index (χ0n) is 20.0. The second kappa shape index (κ2) is 8.42. The maximum absolute atomic E-state index is 15.5. The van der Waals surface area contributed by atoms with Crippen molar-refractivity contribution in [1.29, 1.82) is 0 Å². The Kier molecular flexibility index (Phi) is 6.17. The molecule has 0 amide bonds. The van der Waals surface area contributed by atoms with E-state index in [2.05, 4.69) is 0 Å². The molecule has 0 saturated carbocycles. The molecule has 0 bridgehead atoms. The lowest BCUT2D eigenvalue weighted by Crippen LogP contribution is -2.51. The maximum Gasteiger partial charge on any atom is 0.258 e. The van der Waals surface area contributed by atoms with E-state index in [1.807, 2.05) is 0 Å². The van der Waals surface area contributed by atoms with Gasteiger partial charge < -0.3 is 4.43 Å². The molecule has 0 saturated heterocycles. The van der Waals surface area contributed by atoms with E-state index < -0.39 is 98.7 Å². The molecule has 0 unspecified atom stereocenters. The van der Waals surface area contributed by atoms with Crippen molar-refractivity contribution in [2.45, 2.75) is 58.2 Å². The third-order valence-electron chi connectivity index (χ3n) is 7.16. The van der Waals surface area contributed by atoms with Gasteiger partial charge in [-0.25, -0.2) is 35.1 Å². The minimum absolute atomic E-state index is 0.274. The summed E-state index contributed by atoms with van der Waals surface area (Å²) in [7, 11) is -3.21. The Hall–Kier alpha value is -2.69. The minimum atomic E-state index is -3.21. The summed E-state index contributed by atoms with van der Waals surface area (Å²) in [6.07, 6.45) is 0. The summed E-state index contributed by atoms with van der Waals surface area (Å²) in [4.78, 5) is 0. The maximum atomic E-state index is 15.5. The van der Waals surface area contributed by atoms with Crippen LogP contribution >= 0.6 is 0 Å². The van der Waals surface area contributed by atoms with Gasteiger partial charge >= 0.3 is 0 Å². The zero-order valence-corrected chi connectivity index (χ0v) is 21.0. The lowest BCUT2D eigenvalue weighted by molar-refractivity contribution is 0.423. The summed E-state index contributed by atoms with van der Waals surface area (Å²) >= 11 is 0. The van der Waals surface area contributed by atoms with E-state index in [-0.39, 0.29) is 16.6 Å². The molecule has 11 heteroatoms. The van der Waals surface area contributed by atoms with Gasteiger partial charge in [-0.3, -0.25) is 0 Å². The predicted octanol–water partition coefficient (Wildman–Crippen LogP) is 9.39. The lowest BCUT2D eigenvalue weighted by Gasteiger charge is -2.42. The number of hydrogen-bond acceptors (Lipinski definition) is 1. The third-order valence-corrected chi connectivity index (χ3v) is 13.1. The van der Waals surface area contributed by atoms with Gasteiger partial charge in [-0.05, 0) is 16.6 Å².